The van der Waals surface area contributed by atoms with E-state index in [2.05, 4.69) is 0 Å². The summed E-state index contributed by atoms with van der Waals surface area (Å²) < 4.78 is 38.2. The lowest BCUT2D eigenvalue weighted by Gasteiger charge is -2.18. The van der Waals surface area contributed by atoms with Crippen molar-refractivity contribution in [2.75, 3.05) is 6.54 Å². The highest BCUT2D eigenvalue weighted by atomic mass is 32.2. The zero-order valence-electron chi connectivity index (χ0n) is 9.47. The van der Waals surface area contributed by atoms with Crippen LogP contribution in [0, 0.1) is 11.7 Å². The Morgan fingerprint density at radius 2 is 2.00 bits per heavy atom. The highest BCUT2D eigenvalue weighted by molar-refractivity contribution is 7.92. The van der Waals surface area contributed by atoms with Crippen LogP contribution < -0.4 is 5.73 Å². The number of hydrogen-bond donors (Lipinski definition) is 1. The SMILES string of the molecule is NCC1CCCC1S(=O)(=O)c1ccccc1F. The summed E-state index contributed by atoms with van der Waals surface area (Å²) in [5.41, 5.74) is 5.58. The molecular weight excluding hydrogens is 241 g/mol. The van der Waals surface area contributed by atoms with Crippen molar-refractivity contribution in [3.63, 3.8) is 0 Å². The summed E-state index contributed by atoms with van der Waals surface area (Å²) in [5, 5.41) is -0.524. The third-order valence-corrected chi connectivity index (χ3v) is 5.80. The highest BCUT2D eigenvalue weighted by Gasteiger charge is 2.38. The molecule has 5 heteroatoms. The van der Waals surface area contributed by atoms with E-state index in [1.54, 1.807) is 6.07 Å². The molecule has 17 heavy (non-hydrogen) atoms. The Kier molecular flexibility index (Phi) is 3.49. The summed E-state index contributed by atoms with van der Waals surface area (Å²) in [5.74, 6) is -0.713. The summed E-state index contributed by atoms with van der Waals surface area (Å²) in [6.45, 7) is 0.346. The number of benzene rings is 1. The van der Waals surface area contributed by atoms with E-state index in [9.17, 15) is 12.8 Å². The van der Waals surface area contributed by atoms with Crippen molar-refractivity contribution >= 4 is 9.84 Å². The van der Waals surface area contributed by atoms with Gasteiger partial charge in [0, 0.05) is 0 Å². The number of nitrogens with two attached hydrogens (primary N) is 1. The smallest absolute Gasteiger partial charge is 0.184 e. The Morgan fingerprint density at radius 3 is 2.65 bits per heavy atom. The molecule has 0 radical (unpaired) electrons. The predicted molar refractivity (Wildman–Crippen MR) is 63.8 cm³/mol. The summed E-state index contributed by atoms with van der Waals surface area (Å²) in [6.07, 6.45) is 2.24. The van der Waals surface area contributed by atoms with E-state index in [-0.39, 0.29) is 10.8 Å². The number of halogens is 1. The first-order valence-electron chi connectivity index (χ1n) is 5.76. The molecular formula is C12H16FNO2S. The molecule has 1 aromatic rings. The van der Waals surface area contributed by atoms with Crippen molar-refractivity contribution in [2.45, 2.75) is 29.4 Å². The molecule has 2 N–H and O–H groups in total. The van der Waals surface area contributed by atoms with Crippen LogP contribution in [0.5, 0.6) is 0 Å². The summed E-state index contributed by atoms with van der Waals surface area (Å²) in [7, 11) is -3.59. The molecule has 0 aromatic heterocycles. The molecule has 1 aliphatic carbocycles. The van der Waals surface area contributed by atoms with Gasteiger partial charge in [0.1, 0.15) is 10.7 Å². The van der Waals surface area contributed by atoms with Crippen LogP contribution >= 0.6 is 0 Å². The normalized spacial score (nSPS) is 25.1. The topological polar surface area (TPSA) is 60.2 Å². The van der Waals surface area contributed by atoms with Crippen molar-refractivity contribution < 1.29 is 12.8 Å². The first-order chi connectivity index (χ1) is 8.07. The highest BCUT2D eigenvalue weighted by Crippen LogP contribution is 2.34. The molecule has 2 unspecified atom stereocenters. The molecule has 1 aliphatic rings. The van der Waals surface area contributed by atoms with Crippen LogP contribution in [-0.2, 0) is 9.84 Å². The minimum atomic E-state index is -3.59. The van der Waals surface area contributed by atoms with Crippen molar-refractivity contribution in [3.8, 4) is 0 Å². The van der Waals surface area contributed by atoms with Gasteiger partial charge in [-0.1, -0.05) is 18.6 Å². The van der Waals surface area contributed by atoms with Crippen molar-refractivity contribution in [1.82, 2.24) is 0 Å². The van der Waals surface area contributed by atoms with E-state index in [0.717, 1.165) is 12.8 Å². The molecule has 0 heterocycles. The zero-order chi connectivity index (χ0) is 12.5. The number of rotatable bonds is 3. The number of sulfone groups is 1. The van der Waals surface area contributed by atoms with Gasteiger partial charge >= 0.3 is 0 Å². The maximum atomic E-state index is 13.6. The maximum Gasteiger partial charge on any atom is 0.184 e. The third-order valence-electron chi connectivity index (χ3n) is 3.43. The van der Waals surface area contributed by atoms with Crippen molar-refractivity contribution in [3.05, 3.63) is 30.1 Å². The Morgan fingerprint density at radius 1 is 1.29 bits per heavy atom. The third kappa shape index (κ3) is 2.21. The Bertz CT molecular complexity index is 501. The lowest BCUT2D eigenvalue weighted by Crippen LogP contribution is -2.30. The van der Waals surface area contributed by atoms with Crippen LogP contribution in [0.3, 0.4) is 0 Å². The van der Waals surface area contributed by atoms with E-state index in [1.165, 1.54) is 18.2 Å². The Labute approximate surface area is 101 Å². The van der Waals surface area contributed by atoms with Crippen molar-refractivity contribution in [1.29, 1.82) is 0 Å². The Balaban J connectivity index is 2.40. The van der Waals surface area contributed by atoms with E-state index in [0.29, 0.717) is 13.0 Å². The van der Waals surface area contributed by atoms with Gasteiger partial charge in [-0.15, -0.1) is 0 Å². The van der Waals surface area contributed by atoms with Crippen LogP contribution in [0.25, 0.3) is 0 Å². The second kappa shape index (κ2) is 4.74. The van der Waals surface area contributed by atoms with Gasteiger partial charge in [0.05, 0.1) is 5.25 Å². The molecule has 0 amide bonds. The molecule has 2 rings (SSSR count). The van der Waals surface area contributed by atoms with Gasteiger partial charge in [0.2, 0.25) is 0 Å². The van der Waals surface area contributed by atoms with E-state index >= 15 is 0 Å². The van der Waals surface area contributed by atoms with Gasteiger partial charge < -0.3 is 5.73 Å². The summed E-state index contributed by atoms with van der Waals surface area (Å²) in [4.78, 5) is -0.189. The van der Waals surface area contributed by atoms with Gasteiger partial charge in [-0.3, -0.25) is 0 Å². The Hall–Kier alpha value is -0.940. The summed E-state index contributed by atoms with van der Waals surface area (Å²) >= 11 is 0. The number of hydrogen-bond acceptors (Lipinski definition) is 3. The average Bonchev–Trinajstić information content (AvgIpc) is 2.78. The molecule has 1 saturated carbocycles. The standard InChI is InChI=1S/C12H16FNO2S/c13-10-5-1-2-6-12(10)17(15,16)11-7-3-4-9(11)8-14/h1-2,5-6,9,11H,3-4,7-8,14H2. The predicted octanol–water partition coefficient (Wildman–Crippen LogP) is 1.73. The molecule has 0 aliphatic heterocycles. The van der Waals surface area contributed by atoms with Crippen molar-refractivity contribution in [2.24, 2.45) is 11.7 Å². The zero-order valence-corrected chi connectivity index (χ0v) is 10.3. The van der Waals surface area contributed by atoms with Crippen LogP contribution in [-0.4, -0.2) is 20.2 Å². The minimum Gasteiger partial charge on any atom is -0.330 e. The maximum absolute atomic E-state index is 13.6. The molecule has 1 aromatic carbocycles. The van der Waals surface area contributed by atoms with Gasteiger partial charge in [-0.2, -0.15) is 0 Å². The van der Waals surface area contributed by atoms with Gasteiger partial charge in [-0.05, 0) is 37.4 Å². The quantitative estimate of drug-likeness (QED) is 0.897. The second-order valence-electron chi connectivity index (χ2n) is 4.44. The van der Waals surface area contributed by atoms with E-state index in [4.69, 9.17) is 5.73 Å². The van der Waals surface area contributed by atoms with E-state index in [1.807, 2.05) is 0 Å². The molecule has 94 valence electrons. The monoisotopic (exact) mass is 257 g/mol. The lowest BCUT2D eigenvalue weighted by atomic mass is 10.1. The fourth-order valence-corrected chi connectivity index (χ4v) is 4.68. The molecule has 1 fully saturated rings. The van der Waals surface area contributed by atoms with Gasteiger partial charge in [-0.25, -0.2) is 12.8 Å². The lowest BCUT2D eigenvalue weighted by molar-refractivity contribution is 0.515. The fourth-order valence-electron chi connectivity index (χ4n) is 2.52. The minimum absolute atomic E-state index is 0.0420. The first-order valence-corrected chi connectivity index (χ1v) is 7.30. The van der Waals surface area contributed by atoms with E-state index < -0.39 is 20.9 Å². The molecule has 2 atom stereocenters. The summed E-state index contributed by atoms with van der Waals surface area (Å²) in [6, 6.07) is 5.54. The molecule has 0 bridgehead atoms. The fraction of sp³-hybridized carbons (Fsp3) is 0.500. The van der Waals surface area contributed by atoms with Crippen LogP contribution in [0.1, 0.15) is 19.3 Å². The molecule has 0 spiro atoms. The second-order valence-corrected chi connectivity index (χ2v) is 6.58. The average molecular weight is 257 g/mol. The molecule has 0 saturated heterocycles. The van der Waals surface area contributed by atoms with Crippen LogP contribution in [0.15, 0.2) is 29.2 Å². The molecule has 3 nitrogen and oxygen atoms in total. The van der Waals surface area contributed by atoms with Gasteiger partial charge in [0.25, 0.3) is 0 Å². The first kappa shape index (κ1) is 12.5. The van der Waals surface area contributed by atoms with Crippen LogP contribution in [0.4, 0.5) is 4.39 Å². The largest absolute Gasteiger partial charge is 0.330 e. The van der Waals surface area contributed by atoms with Crippen LogP contribution in [0.2, 0.25) is 0 Å². The van der Waals surface area contributed by atoms with Gasteiger partial charge in [0.15, 0.2) is 9.84 Å².